The Labute approximate surface area is 481 Å². The maximum Gasteiger partial charge on any atom is 0.305 e. The first kappa shape index (κ1) is 75.3. The molecule has 0 aliphatic heterocycles. The van der Waals surface area contributed by atoms with Crippen molar-refractivity contribution in [2.75, 3.05) is 13.2 Å². The Bertz CT molecular complexity index is 1200. The summed E-state index contributed by atoms with van der Waals surface area (Å²) in [5.41, 5.74) is 0. The van der Waals surface area contributed by atoms with Gasteiger partial charge in [-0.25, -0.2) is 0 Å². The number of ether oxygens (including phenoxy) is 1. The van der Waals surface area contributed by atoms with Crippen LogP contribution in [0.4, 0.5) is 0 Å². The molecule has 0 aromatic carbocycles. The minimum absolute atomic E-state index is 0.0302. The van der Waals surface area contributed by atoms with Gasteiger partial charge in [-0.1, -0.05) is 359 Å². The fourth-order valence-electron chi connectivity index (χ4n) is 11.2. The zero-order valence-electron chi connectivity index (χ0n) is 52.2. The lowest BCUT2D eigenvalue weighted by molar-refractivity contribution is -0.143. The van der Waals surface area contributed by atoms with Gasteiger partial charge in [0, 0.05) is 12.8 Å². The topological polar surface area (TPSA) is 95.9 Å². The van der Waals surface area contributed by atoms with Crippen LogP contribution in [-0.4, -0.2) is 47.4 Å². The highest BCUT2D eigenvalue weighted by Gasteiger charge is 2.20. The molecular formula is C71H137NO5. The Morgan fingerprint density at radius 3 is 0.987 bits per heavy atom. The van der Waals surface area contributed by atoms with E-state index in [9.17, 15) is 19.8 Å². The number of allylic oxidation sites excluding steroid dienone is 3. The summed E-state index contributed by atoms with van der Waals surface area (Å²) in [6, 6.07) is -0.546. The molecule has 3 N–H and O–H groups in total. The van der Waals surface area contributed by atoms with E-state index in [4.69, 9.17) is 4.74 Å². The first-order valence-corrected chi connectivity index (χ1v) is 35.1. The number of hydrogen-bond acceptors (Lipinski definition) is 5. The number of unbranched alkanes of at least 4 members (excludes halogenated alkanes) is 51. The van der Waals surface area contributed by atoms with Crippen LogP contribution >= 0.6 is 0 Å². The van der Waals surface area contributed by atoms with E-state index in [-0.39, 0.29) is 18.5 Å². The van der Waals surface area contributed by atoms with Crippen molar-refractivity contribution in [3.05, 3.63) is 24.3 Å². The van der Waals surface area contributed by atoms with Crippen molar-refractivity contribution in [1.29, 1.82) is 0 Å². The van der Waals surface area contributed by atoms with Gasteiger partial charge >= 0.3 is 5.97 Å². The van der Waals surface area contributed by atoms with Crippen LogP contribution in [0.2, 0.25) is 0 Å². The number of aliphatic hydroxyl groups excluding tert-OH is 2. The fraction of sp³-hybridized carbons (Fsp3) is 0.915. The average molecular weight is 1080 g/mol. The van der Waals surface area contributed by atoms with E-state index in [0.29, 0.717) is 25.9 Å². The summed E-state index contributed by atoms with van der Waals surface area (Å²) >= 11 is 0. The Hall–Kier alpha value is -1.66. The van der Waals surface area contributed by atoms with Crippen LogP contribution in [0.5, 0.6) is 0 Å². The average Bonchev–Trinajstić information content (AvgIpc) is 3.43. The highest BCUT2D eigenvalue weighted by molar-refractivity contribution is 5.76. The molecule has 0 saturated carbocycles. The Morgan fingerprint density at radius 1 is 0.364 bits per heavy atom. The monoisotopic (exact) mass is 1080 g/mol. The van der Waals surface area contributed by atoms with E-state index in [1.54, 1.807) is 0 Å². The van der Waals surface area contributed by atoms with Crippen molar-refractivity contribution in [3.8, 4) is 0 Å². The fourth-order valence-corrected chi connectivity index (χ4v) is 11.2. The summed E-state index contributed by atoms with van der Waals surface area (Å²) in [5.74, 6) is -0.0654. The molecule has 0 rings (SSSR count). The lowest BCUT2D eigenvalue weighted by Crippen LogP contribution is -2.45. The molecule has 1 amide bonds. The molecule has 0 bridgehead atoms. The summed E-state index contributed by atoms with van der Waals surface area (Å²) in [6.45, 7) is 4.89. The number of amides is 1. The lowest BCUT2D eigenvalue weighted by atomic mass is 10.0. The van der Waals surface area contributed by atoms with Crippen molar-refractivity contribution < 1.29 is 24.5 Å². The molecule has 2 unspecified atom stereocenters. The van der Waals surface area contributed by atoms with Crippen LogP contribution in [-0.2, 0) is 14.3 Å². The Morgan fingerprint density at radius 2 is 0.649 bits per heavy atom. The van der Waals surface area contributed by atoms with Gasteiger partial charge in [-0.2, -0.15) is 0 Å². The van der Waals surface area contributed by atoms with Crippen LogP contribution in [0, 0.1) is 0 Å². The number of rotatable bonds is 66. The maximum absolute atomic E-state index is 12.5. The third-order valence-corrected chi connectivity index (χ3v) is 16.5. The minimum Gasteiger partial charge on any atom is -0.465 e. The van der Waals surface area contributed by atoms with Gasteiger partial charge in [0.25, 0.3) is 0 Å². The molecule has 6 heteroatoms. The summed E-state index contributed by atoms with van der Waals surface area (Å²) in [5, 5.41) is 23.4. The quantitative estimate of drug-likeness (QED) is 0.0320. The molecule has 0 aromatic rings. The van der Waals surface area contributed by atoms with Crippen molar-refractivity contribution in [1.82, 2.24) is 5.32 Å². The zero-order chi connectivity index (χ0) is 55.7. The summed E-state index contributed by atoms with van der Waals surface area (Å²) in [4.78, 5) is 24.6. The second-order valence-electron chi connectivity index (χ2n) is 24.2. The van der Waals surface area contributed by atoms with E-state index in [2.05, 4.69) is 43.5 Å². The molecule has 6 nitrogen and oxygen atoms in total. The molecule has 0 spiro atoms. The molecule has 456 valence electrons. The molecule has 77 heavy (non-hydrogen) atoms. The predicted octanol–water partition coefficient (Wildman–Crippen LogP) is 22.5. The van der Waals surface area contributed by atoms with Gasteiger partial charge in [-0.05, 0) is 44.9 Å². The second-order valence-corrected chi connectivity index (χ2v) is 24.2. The first-order valence-electron chi connectivity index (χ1n) is 35.1. The van der Waals surface area contributed by atoms with Gasteiger partial charge in [0.05, 0.1) is 25.4 Å². The van der Waals surface area contributed by atoms with E-state index in [1.165, 1.54) is 308 Å². The van der Waals surface area contributed by atoms with Crippen molar-refractivity contribution >= 4 is 11.9 Å². The lowest BCUT2D eigenvalue weighted by Gasteiger charge is -2.22. The molecule has 2 atom stereocenters. The smallest absolute Gasteiger partial charge is 0.305 e. The maximum atomic E-state index is 12.5. The van der Waals surface area contributed by atoms with Crippen LogP contribution in [0.1, 0.15) is 393 Å². The molecule has 0 fully saturated rings. The van der Waals surface area contributed by atoms with Gasteiger partial charge < -0.3 is 20.3 Å². The number of nitrogens with one attached hydrogen (secondary N) is 1. The molecule has 0 saturated heterocycles. The number of aliphatic hydroxyl groups is 2. The number of carbonyl (C=O) groups is 2. The van der Waals surface area contributed by atoms with E-state index in [1.807, 2.05) is 0 Å². The number of hydrogen-bond donors (Lipinski definition) is 3. The number of esters is 1. The minimum atomic E-state index is -0.669. The van der Waals surface area contributed by atoms with Crippen molar-refractivity contribution in [2.45, 2.75) is 405 Å². The molecule has 0 heterocycles. The molecule has 0 aliphatic carbocycles. The van der Waals surface area contributed by atoms with Gasteiger partial charge in [-0.3, -0.25) is 9.59 Å². The van der Waals surface area contributed by atoms with E-state index >= 15 is 0 Å². The molecule has 0 radical (unpaired) electrons. The third-order valence-electron chi connectivity index (χ3n) is 16.5. The second kappa shape index (κ2) is 66.8. The Balaban J connectivity index is 3.43. The highest BCUT2D eigenvalue weighted by atomic mass is 16.5. The van der Waals surface area contributed by atoms with Gasteiger partial charge in [0.1, 0.15) is 0 Å². The van der Waals surface area contributed by atoms with E-state index in [0.717, 1.165) is 51.4 Å². The highest BCUT2D eigenvalue weighted by Crippen LogP contribution is 2.19. The number of carbonyl (C=O) groups excluding carboxylic acids is 2. The zero-order valence-corrected chi connectivity index (χ0v) is 52.2. The van der Waals surface area contributed by atoms with E-state index < -0.39 is 12.1 Å². The Kier molecular flexibility index (Phi) is 65.4. The van der Waals surface area contributed by atoms with Crippen molar-refractivity contribution in [2.24, 2.45) is 0 Å². The normalized spacial score (nSPS) is 12.6. The van der Waals surface area contributed by atoms with Crippen LogP contribution < -0.4 is 5.32 Å². The summed E-state index contributed by atoms with van der Waals surface area (Å²) < 4.78 is 5.44. The first-order chi connectivity index (χ1) is 38.0. The summed E-state index contributed by atoms with van der Waals surface area (Å²) in [7, 11) is 0. The van der Waals surface area contributed by atoms with Crippen LogP contribution in [0.15, 0.2) is 24.3 Å². The SMILES string of the molecule is CCCCCCCCCCCCCCCCCCCCCCCCC(O)C(CO)NC(=O)CCCCCCCCCCCCCCCC/C=C\C/C=C\CCOC(=O)CCCCCCCCCCCCCCCCCCC. The molecule has 0 aliphatic rings. The predicted molar refractivity (Wildman–Crippen MR) is 338 cm³/mol. The van der Waals surface area contributed by atoms with Gasteiger partial charge in [-0.15, -0.1) is 0 Å². The molecular weight excluding hydrogens is 947 g/mol. The largest absolute Gasteiger partial charge is 0.465 e. The summed E-state index contributed by atoms with van der Waals surface area (Å²) in [6.07, 6.45) is 83.8. The third kappa shape index (κ3) is 63.4. The van der Waals surface area contributed by atoms with Crippen molar-refractivity contribution in [3.63, 3.8) is 0 Å². The standard InChI is InChI=1S/C71H137NO5/c1-3-5-7-9-11-13-15-17-19-21-22-23-25-28-32-35-39-43-47-51-55-59-63-69(74)68(67-73)72-70(75)64-60-56-52-48-44-40-36-33-29-26-24-27-30-34-38-42-46-50-54-58-62-66-77-71(76)65-61-57-53-49-45-41-37-31-20-18-16-14-12-10-8-6-4-2/h42,46,54,58,68-69,73-74H,3-41,43-45,47-53,55-57,59-67H2,1-2H3,(H,72,75)/b46-42-,58-54-. The van der Waals surface area contributed by atoms with Gasteiger partial charge in [0.2, 0.25) is 5.91 Å². The van der Waals surface area contributed by atoms with Gasteiger partial charge in [0.15, 0.2) is 0 Å². The van der Waals surface area contributed by atoms with Crippen LogP contribution in [0.25, 0.3) is 0 Å². The molecule has 0 aromatic heterocycles. The van der Waals surface area contributed by atoms with Crippen LogP contribution in [0.3, 0.4) is 0 Å².